The van der Waals surface area contributed by atoms with Gasteiger partial charge in [0.25, 0.3) is 0 Å². The van der Waals surface area contributed by atoms with Gasteiger partial charge in [0.2, 0.25) is 12.3 Å². The van der Waals surface area contributed by atoms with Gasteiger partial charge in [-0.15, -0.1) is 10.2 Å². The number of halogens is 2. The normalized spacial score (nSPS) is 9.81. The molecule has 0 fully saturated rings. The Balaban J connectivity index is 0.000000189. The first-order valence-corrected chi connectivity index (χ1v) is 8.39. The lowest BCUT2D eigenvalue weighted by atomic mass is 10.1. The molecule has 0 radical (unpaired) electrons. The molecule has 1 N–H and O–H groups in total. The number of nitriles is 1. The molecule has 0 bridgehead atoms. The first-order valence-electron chi connectivity index (χ1n) is 8.02. The van der Waals surface area contributed by atoms with Crippen molar-refractivity contribution in [2.45, 2.75) is 20.3 Å². The Bertz CT molecular complexity index is 891. The van der Waals surface area contributed by atoms with Crippen LogP contribution in [0.5, 0.6) is 0 Å². The first-order chi connectivity index (χ1) is 12.6. The van der Waals surface area contributed by atoms with Gasteiger partial charge in [-0.1, -0.05) is 24.6 Å². The quantitative estimate of drug-likeness (QED) is 0.679. The Labute approximate surface area is 156 Å². The minimum Gasteiger partial charge on any atom is -0.423 e. The summed E-state index contributed by atoms with van der Waals surface area (Å²) in [5.74, 6) is 0.0141. The van der Waals surface area contributed by atoms with Crippen LogP contribution in [0, 0.1) is 24.1 Å². The lowest BCUT2D eigenvalue weighted by molar-refractivity contribution is 0.567. The minimum atomic E-state index is -0.314. The summed E-state index contributed by atoms with van der Waals surface area (Å²) in [5.41, 5.74) is 3.08. The second-order valence-electron chi connectivity index (χ2n) is 5.39. The van der Waals surface area contributed by atoms with Gasteiger partial charge < -0.3 is 9.73 Å². The third-order valence-electron chi connectivity index (χ3n) is 3.50. The molecule has 3 aromatic rings. The molecule has 0 amide bonds. The molecule has 0 spiro atoms. The SMILES string of the molecule is CCCNc1ccc(C#N)c(Cl)c1C.Fc1cccc(-c2nnco2)c1. The van der Waals surface area contributed by atoms with Crippen molar-refractivity contribution in [3.05, 3.63) is 64.8 Å². The van der Waals surface area contributed by atoms with Crippen molar-refractivity contribution in [2.24, 2.45) is 0 Å². The third-order valence-corrected chi connectivity index (χ3v) is 3.99. The van der Waals surface area contributed by atoms with Gasteiger partial charge in [0.15, 0.2) is 0 Å². The molecule has 0 aliphatic heterocycles. The van der Waals surface area contributed by atoms with Crippen LogP contribution in [0.15, 0.2) is 47.2 Å². The van der Waals surface area contributed by atoms with Crippen LogP contribution in [0.3, 0.4) is 0 Å². The zero-order valence-corrected chi connectivity index (χ0v) is 15.2. The fourth-order valence-corrected chi connectivity index (χ4v) is 2.35. The Hall–Kier alpha value is -2.91. The molecule has 5 nitrogen and oxygen atoms in total. The standard InChI is InChI=1S/C11H13ClN2.C8H5FN2O/c1-3-6-14-10-5-4-9(7-13)11(12)8(10)2;9-7-3-1-2-6(4-7)8-11-10-5-12-8/h4-5,14H,3,6H2,1-2H3;1-5H. The van der Waals surface area contributed by atoms with Gasteiger partial charge in [-0.25, -0.2) is 4.39 Å². The molecule has 0 saturated heterocycles. The summed E-state index contributed by atoms with van der Waals surface area (Å²) < 4.78 is 17.6. The maximum Gasteiger partial charge on any atom is 0.247 e. The highest BCUT2D eigenvalue weighted by Gasteiger charge is 2.06. The second kappa shape index (κ2) is 9.54. The smallest absolute Gasteiger partial charge is 0.247 e. The predicted octanol–water partition coefficient (Wildman–Crippen LogP) is 5.22. The molecular weight excluding hydrogens is 355 g/mol. The summed E-state index contributed by atoms with van der Waals surface area (Å²) in [6, 6.07) is 11.7. The van der Waals surface area contributed by atoms with Crippen LogP contribution in [0.2, 0.25) is 5.02 Å². The van der Waals surface area contributed by atoms with Crippen molar-refractivity contribution in [3.63, 3.8) is 0 Å². The van der Waals surface area contributed by atoms with Crippen LogP contribution in [0.1, 0.15) is 24.5 Å². The monoisotopic (exact) mass is 372 g/mol. The topological polar surface area (TPSA) is 74.7 Å². The van der Waals surface area contributed by atoms with Crippen LogP contribution in [0.25, 0.3) is 11.5 Å². The van der Waals surface area contributed by atoms with Crippen molar-refractivity contribution >= 4 is 17.3 Å². The number of benzene rings is 2. The number of rotatable bonds is 4. The Kier molecular flexibility index (Phi) is 7.12. The van der Waals surface area contributed by atoms with E-state index in [1.807, 2.05) is 13.0 Å². The van der Waals surface area contributed by atoms with E-state index in [1.54, 1.807) is 18.2 Å². The highest BCUT2D eigenvalue weighted by Crippen LogP contribution is 2.26. The summed E-state index contributed by atoms with van der Waals surface area (Å²) >= 11 is 6.01. The Morgan fingerprint density at radius 2 is 2.12 bits per heavy atom. The molecule has 0 aliphatic rings. The highest BCUT2D eigenvalue weighted by atomic mass is 35.5. The van der Waals surface area contributed by atoms with E-state index in [9.17, 15) is 4.39 Å². The van der Waals surface area contributed by atoms with Crippen LogP contribution in [0.4, 0.5) is 10.1 Å². The van der Waals surface area contributed by atoms with Crippen molar-refractivity contribution in [2.75, 3.05) is 11.9 Å². The number of nitrogens with zero attached hydrogens (tertiary/aromatic N) is 3. The van der Waals surface area contributed by atoms with Gasteiger partial charge in [-0.05, 0) is 49.2 Å². The number of aromatic nitrogens is 2. The van der Waals surface area contributed by atoms with Gasteiger partial charge in [-0.2, -0.15) is 5.26 Å². The molecule has 134 valence electrons. The number of anilines is 1. The first kappa shape index (κ1) is 19.4. The van der Waals surface area contributed by atoms with E-state index in [0.717, 1.165) is 24.2 Å². The minimum absolute atomic E-state index is 0.314. The summed E-state index contributed by atoms with van der Waals surface area (Å²) in [7, 11) is 0. The summed E-state index contributed by atoms with van der Waals surface area (Å²) in [5, 5.41) is 19.7. The lowest BCUT2D eigenvalue weighted by Crippen LogP contribution is -2.02. The molecule has 0 saturated carbocycles. The van der Waals surface area contributed by atoms with E-state index in [4.69, 9.17) is 21.3 Å². The molecule has 7 heteroatoms. The van der Waals surface area contributed by atoms with Crippen LogP contribution < -0.4 is 5.32 Å². The number of nitrogens with one attached hydrogen (secondary N) is 1. The average Bonchev–Trinajstić information content (AvgIpc) is 3.18. The maximum atomic E-state index is 12.7. The summed E-state index contributed by atoms with van der Waals surface area (Å²) in [6.45, 7) is 4.94. The molecule has 2 aromatic carbocycles. The zero-order valence-electron chi connectivity index (χ0n) is 14.5. The van der Waals surface area contributed by atoms with Gasteiger partial charge in [0.1, 0.15) is 11.9 Å². The van der Waals surface area contributed by atoms with Crippen molar-refractivity contribution in [3.8, 4) is 17.5 Å². The zero-order chi connectivity index (χ0) is 18.9. The van der Waals surface area contributed by atoms with Gasteiger partial charge >= 0.3 is 0 Å². The molecule has 3 rings (SSSR count). The molecule has 26 heavy (non-hydrogen) atoms. The molecular formula is C19H18ClFN4O. The number of hydrogen-bond donors (Lipinski definition) is 1. The fraction of sp³-hybridized carbons (Fsp3) is 0.211. The number of hydrogen-bond acceptors (Lipinski definition) is 5. The third kappa shape index (κ3) is 5.04. The van der Waals surface area contributed by atoms with Crippen molar-refractivity contribution < 1.29 is 8.81 Å². The predicted molar refractivity (Wildman–Crippen MR) is 99.4 cm³/mol. The fourth-order valence-electron chi connectivity index (χ4n) is 2.14. The largest absolute Gasteiger partial charge is 0.423 e. The van der Waals surface area contributed by atoms with E-state index >= 15 is 0 Å². The highest BCUT2D eigenvalue weighted by molar-refractivity contribution is 6.32. The molecule has 0 unspecified atom stereocenters. The molecule has 0 atom stereocenters. The van der Waals surface area contributed by atoms with Crippen LogP contribution in [-0.2, 0) is 0 Å². The van der Waals surface area contributed by atoms with Crippen LogP contribution >= 0.6 is 11.6 Å². The average molecular weight is 373 g/mol. The maximum absolute atomic E-state index is 12.7. The molecule has 0 aliphatic carbocycles. The van der Waals surface area contributed by atoms with E-state index < -0.39 is 0 Å². The van der Waals surface area contributed by atoms with E-state index in [0.29, 0.717) is 22.0 Å². The van der Waals surface area contributed by atoms with E-state index in [-0.39, 0.29) is 5.82 Å². The van der Waals surface area contributed by atoms with E-state index in [2.05, 4.69) is 28.5 Å². The molecule has 1 aromatic heterocycles. The van der Waals surface area contributed by atoms with Crippen LogP contribution in [-0.4, -0.2) is 16.7 Å². The van der Waals surface area contributed by atoms with Crippen molar-refractivity contribution in [1.29, 1.82) is 5.26 Å². The lowest BCUT2D eigenvalue weighted by Gasteiger charge is -2.10. The molecule has 1 heterocycles. The van der Waals surface area contributed by atoms with Gasteiger partial charge in [0.05, 0.1) is 10.6 Å². The van der Waals surface area contributed by atoms with E-state index in [1.165, 1.54) is 18.5 Å². The summed E-state index contributed by atoms with van der Waals surface area (Å²) in [4.78, 5) is 0. The Morgan fingerprint density at radius 3 is 2.73 bits per heavy atom. The van der Waals surface area contributed by atoms with Gasteiger partial charge in [0, 0.05) is 17.8 Å². The van der Waals surface area contributed by atoms with Gasteiger partial charge in [-0.3, -0.25) is 0 Å². The second-order valence-corrected chi connectivity index (χ2v) is 5.77. The Morgan fingerprint density at radius 1 is 1.31 bits per heavy atom. The van der Waals surface area contributed by atoms with Crippen molar-refractivity contribution in [1.82, 2.24) is 10.2 Å². The summed E-state index contributed by atoms with van der Waals surface area (Å²) in [6.07, 6.45) is 2.28.